The van der Waals surface area contributed by atoms with Crippen LogP contribution in [0.25, 0.3) is 0 Å². The van der Waals surface area contributed by atoms with E-state index in [0.29, 0.717) is 17.8 Å². The Kier molecular flexibility index (Phi) is 9.88. The van der Waals surface area contributed by atoms with E-state index in [2.05, 4.69) is 41.5 Å². The number of hydrogen-bond donors (Lipinski definition) is 2. The molecule has 4 nitrogen and oxygen atoms in total. The van der Waals surface area contributed by atoms with Gasteiger partial charge in [-0.2, -0.15) is 0 Å². The second kappa shape index (κ2) is 10.3. The summed E-state index contributed by atoms with van der Waals surface area (Å²) in [6.07, 6.45) is 5.35. The Bertz CT molecular complexity index is 328. The summed E-state index contributed by atoms with van der Waals surface area (Å²) in [5.74, 6) is 1.52. The van der Waals surface area contributed by atoms with E-state index in [4.69, 9.17) is 5.32 Å². The summed E-state index contributed by atoms with van der Waals surface area (Å²) in [6, 6.07) is 2.95. The van der Waals surface area contributed by atoms with Crippen molar-refractivity contribution in [1.82, 2.24) is 0 Å². The maximum absolute atomic E-state index is 10.7. The van der Waals surface area contributed by atoms with Crippen molar-refractivity contribution in [1.29, 1.82) is 0 Å². The van der Waals surface area contributed by atoms with Crippen LogP contribution in [0.2, 0.25) is 18.1 Å². The van der Waals surface area contributed by atoms with E-state index in [1.165, 1.54) is 6.42 Å². The molecule has 0 amide bonds. The van der Waals surface area contributed by atoms with E-state index in [1.807, 2.05) is 0 Å². The quantitative estimate of drug-likeness (QED) is 0.467. The Labute approximate surface area is 157 Å². The summed E-state index contributed by atoms with van der Waals surface area (Å²) in [5, 5.41) is 0. The first-order valence-corrected chi connectivity index (χ1v) is 16.6. The molecule has 1 rings (SSSR count). The molecule has 0 aromatic carbocycles. The van der Waals surface area contributed by atoms with Gasteiger partial charge in [-0.05, 0) is 0 Å². The second-order valence-corrected chi connectivity index (χ2v) is 17.6. The SMILES string of the molecule is CC(C)C[Si](CC(C)C)(CC(C)C)[O][Zr]([OH])([OH])[O]C1CCCCC1. The molecule has 0 spiro atoms. The fourth-order valence-corrected chi connectivity index (χ4v) is 18.1. The zero-order chi connectivity index (χ0) is 18.4. The van der Waals surface area contributed by atoms with Crippen molar-refractivity contribution in [2.24, 2.45) is 17.8 Å². The zero-order valence-corrected chi connectivity index (χ0v) is 20.1. The first-order valence-electron chi connectivity index (χ1n) is 9.86. The topological polar surface area (TPSA) is 58.9 Å². The standard InChI is InChI=1S/C12H27OSi.C6H11O.2H2O.Zr/c1-10(2)7-14(13,8-11(3)4)9-12(5)6;7-6-4-2-1-3-5-6;;;/h10-12H,7-9H2,1-6H3;6H,1-5H2;2*1H2;/q2*-1;;;+4/p-2. The van der Waals surface area contributed by atoms with Crippen molar-refractivity contribution in [3.8, 4) is 0 Å². The number of hydrogen-bond acceptors (Lipinski definition) is 4. The Morgan fingerprint density at radius 1 is 0.833 bits per heavy atom. The van der Waals surface area contributed by atoms with Crippen LogP contribution in [0.3, 0.4) is 0 Å². The Hall–Kier alpha value is 0.940. The summed E-state index contributed by atoms with van der Waals surface area (Å²) in [5.41, 5.74) is 0. The molecule has 1 aliphatic rings. The Balaban J connectivity index is 2.89. The molecule has 0 atom stereocenters. The molecule has 144 valence electrons. The van der Waals surface area contributed by atoms with Crippen LogP contribution in [0.1, 0.15) is 73.6 Å². The van der Waals surface area contributed by atoms with Crippen LogP contribution in [-0.2, 0) is 27.3 Å². The normalized spacial score (nSPS) is 18.1. The van der Waals surface area contributed by atoms with Gasteiger partial charge in [0.1, 0.15) is 0 Å². The van der Waals surface area contributed by atoms with E-state index in [1.54, 1.807) is 0 Å². The fourth-order valence-electron chi connectivity index (χ4n) is 4.31. The van der Waals surface area contributed by atoms with Crippen molar-refractivity contribution in [3.05, 3.63) is 0 Å². The van der Waals surface area contributed by atoms with Crippen LogP contribution in [0.5, 0.6) is 0 Å². The second-order valence-electron chi connectivity index (χ2n) is 9.01. The van der Waals surface area contributed by atoms with Crippen LogP contribution in [0.15, 0.2) is 0 Å². The van der Waals surface area contributed by atoms with Gasteiger partial charge in [-0.3, -0.25) is 0 Å². The molecule has 2 N–H and O–H groups in total. The molecular weight excluding hydrogens is 400 g/mol. The van der Waals surface area contributed by atoms with Crippen molar-refractivity contribution >= 4 is 8.32 Å². The van der Waals surface area contributed by atoms with Crippen molar-refractivity contribution in [2.75, 3.05) is 0 Å². The van der Waals surface area contributed by atoms with Gasteiger partial charge in [-0.1, -0.05) is 0 Å². The van der Waals surface area contributed by atoms with Crippen LogP contribution in [0, 0.1) is 17.8 Å². The first-order chi connectivity index (χ1) is 11.0. The van der Waals surface area contributed by atoms with Crippen molar-refractivity contribution in [2.45, 2.75) is 97.9 Å². The molecule has 0 unspecified atom stereocenters. The molecule has 0 heterocycles. The molecule has 24 heavy (non-hydrogen) atoms. The predicted molar refractivity (Wildman–Crippen MR) is 98.2 cm³/mol. The molecule has 1 saturated carbocycles. The maximum atomic E-state index is 10.7. The fraction of sp³-hybridized carbons (Fsp3) is 1.00. The third-order valence-corrected chi connectivity index (χ3v) is 16.7. The molecule has 0 aliphatic heterocycles. The molecule has 0 aromatic rings. The van der Waals surface area contributed by atoms with Gasteiger partial charge < -0.3 is 0 Å². The Morgan fingerprint density at radius 3 is 1.62 bits per heavy atom. The van der Waals surface area contributed by atoms with Crippen LogP contribution in [-0.4, -0.2) is 20.8 Å². The average molecular weight is 440 g/mol. The predicted octanol–water partition coefficient (Wildman–Crippen LogP) is 5.06. The summed E-state index contributed by atoms with van der Waals surface area (Å²) >= 11 is -4.90. The van der Waals surface area contributed by atoms with E-state index in [-0.39, 0.29) is 6.10 Å². The van der Waals surface area contributed by atoms with Gasteiger partial charge in [0.05, 0.1) is 0 Å². The van der Waals surface area contributed by atoms with Gasteiger partial charge in [0, 0.05) is 0 Å². The summed E-state index contributed by atoms with van der Waals surface area (Å²) in [4.78, 5) is 0. The third-order valence-electron chi connectivity index (χ3n) is 4.56. The van der Waals surface area contributed by atoms with E-state index in [9.17, 15) is 6.37 Å². The van der Waals surface area contributed by atoms with Gasteiger partial charge in [-0.25, -0.2) is 0 Å². The first kappa shape index (κ1) is 23.0. The minimum atomic E-state index is -4.90. The molecule has 0 radical (unpaired) electrons. The molecule has 0 saturated heterocycles. The van der Waals surface area contributed by atoms with Gasteiger partial charge in [0.25, 0.3) is 0 Å². The third kappa shape index (κ3) is 9.05. The van der Waals surface area contributed by atoms with Crippen molar-refractivity contribution < 1.29 is 33.7 Å². The van der Waals surface area contributed by atoms with Gasteiger partial charge >= 0.3 is 158 Å². The molecular formula is C18H40O4SiZr. The van der Waals surface area contributed by atoms with Crippen LogP contribution < -0.4 is 0 Å². The number of rotatable bonds is 10. The molecule has 0 aromatic heterocycles. The summed E-state index contributed by atoms with van der Waals surface area (Å²) in [6.45, 7) is 13.2. The average Bonchev–Trinajstić information content (AvgIpc) is 2.34. The van der Waals surface area contributed by atoms with Crippen LogP contribution in [0.4, 0.5) is 0 Å². The van der Waals surface area contributed by atoms with E-state index < -0.39 is 30.3 Å². The van der Waals surface area contributed by atoms with E-state index >= 15 is 0 Å². The molecule has 0 bridgehead atoms. The monoisotopic (exact) mass is 438 g/mol. The van der Waals surface area contributed by atoms with Crippen molar-refractivity contribution in [3.63, 3.8) is 0 Å². The molecule has 1 fully saturated rings. The van der Waals surface area contributed by atoms with Crippen LogP contribution >= 0.6 is 0 Å². The zero-order valence-electron chi connectivity index (χ0n) is 16.7. The molecule has 1 aliphatic carbocycles. The van der Waals surface area contributed by atoms with Gasteiger partial charge in [0.15, 0.2) is 0 Å². The minimum absolute atomic E-state index is 0.00611. The Morgan fingerprint density at radius 2 is 1.25 bits per heavy atom. The van der Waals surface area contributed by atoms with Gasteiger partial charge in [-0.15, -0.1) is 0 Å². The van der Waals surface area contributed by atoms with E-state index in [0.717, 1.165) is 43.8 Å². The summed E-state index contributed by atoms with van der Waals surface area (Å²) < 4.78 is 33.5. The summed E-state index contributed by atoms with van der Waals surface area (Å²) in [7, 11) is -2.24. The van der Waals surface area contributed by atoms with Gasteiger partial charge in [0.2, 0.25) is 0 Å². The molecule has 6 heteroatoms.